The summed E-state index contributed by atoms with van der Waals surface area (Å²) in [5.41, 5.74) is 6.63. The molecule has 0 spiro atoms. The summed E-state index contributed by atoms with van der Waals surface area (Å²) in [5, 5.41) is 2.86. The first-order valence-electron chi connectivity index (χ1n) is 8.03. The van der Waals surface area contributed by atoms with Gasteiger partial charge in [0, 0.05) is 30.1 Å². The van der Waals surface area contributed by atoms with Gasteiger partial charge in [0.05, 0.1) is 11.3 Å². The number of hydrogen-bond donors (Lipinski definition) is 2. The van der Waals surface area contributed by atoms with Crippen LogP contribution in [0.4, 0.5) is 0 Å². The van der Waals surface area contributed by atoms with Crippen LogP contribution in [0, 0.1) is 0 Å². The second-order valence-corrected chi connectivity index (χ2v) is 7.18. The van der Waals surface area contributed by atoms with Gasteiger partial charge < -0.3 is 16.0 Å². The second-order valence-electron chi connectivity index (χ2n) is 6.16. The first-order valence-corrected chi connectivity index (χ1v) is 9.02. The number of nitrogens with zero attached hydrogens (tertiary/aromatic N) is 1. The highest BCUT2D eigenvalue weighted by atomic mass is 35.5. The summed E-state index contributed by atoms with van der Waals surface area (Å²) < 4.78 is 0. The lowest BCUT2D eigenvalue weighted by molar-refractivity contribution is -0.119. The second kappa shape index (κ2) is 9.91. The van der Waals surface area contributed by atoms with E-state index in [9.17, 15) is 9.59 Å². The SMILES string of the molecule is CC(C)NC(=O)CSc1ccccc1C(=O)N1CCCC(N)C1.Cl. The number of carbonyl (C=O) groups is 2. The molecule has 1 aliphatic rings. The predicted octanol–water partition coefficient (Wildman–Crippen LogP) is 2.29. The summed E-state index contributed by atoms with van der Waals surface area (Å²) in [6.07, 6.45) is 1.91. The van der Waals surface area contributed by atoms with Gasteiger partial charge in [-0.3, -0.25) is 9.59 Å². The average molecular weight is 372 g/mol. The molecule has 5 nitrogen and oxygen atoms in total. The molecule has 2 amide bonds. The third-order valence-electron chi connectivity index (χ3n) is 3.67. The number of rotatable bonds is 5. The van der Waals surface area contributed by atoms with Crippen LogP contribution in [0.3, 0.4) is 0 Å². The Morgan fingerprint density at radius 1 is 1.38 bits per heavy atom. The molecule has 7 heteroatoms. The zero-order valence-corrected chi connectivity index (χ0v) is 15.8. The number of carbonyl (C=O) groups excluding carboxylic acids is 2. The lowest BCUT2D eigenvalue weighted by Crippen LogP contribution is -2.45. The number of likely N-dealkylation sites (tertiary alicyclic amines) is 1. The molecule has 1 unspecified atom stereocenters. The molecule has 1 fully saturated rings. The van der Waals surface area contributed by atoms with Gasteiger partial charge in [-0.1, -0.05) is 12.1 Å². The van der Waals surface area contributed by atoms with Gasteiger partial charge in [0.15, 0.2) is 0 Å². The van der Waals surface area contributed by atoms with Gasteiger partial charge in [0.25, 0.3) is 5.91 Å². The van der Waals surface area contributed by atoms with Gasteiger partial charge in [-0.05, 0) is 38.8 Å². The minimum absolute atomic E-state index is 0. The van der Waals surface area contributed by atoms with E-state index in [4.69, 9.17) is 5.73 Å². The molecule has 24 heavy (non-hydrogen) atoms. The number of nitrogens with two attached hydrogens (primary N) is 1. The molecule has 1 aliphatic heterocycles. The summed E-state index contributed by atoms with van der Waals surface area (Å²) in [7, 11) is 0. The molecule has 2 rings (SSSR count). The Morgan fingerprint density at radius 2 is 2.08 bits per heavy atom. The van der Waals surface area contributed by atoms with Gasteiger partial charge in [-0.2, -0.15) is 0 Å². The maximum Gasteiger partial charge on any atom is 0.255 e. The average Bonchev–Trinajstić information content (AvgIpc) is 2.52. The quantitative estimate of drug-likeness (QED) is 0.778. The van der Waals surface area contributed by atoms with Crippen molar-refractivity contribution < 1.29 is 9.59 Å². The van der Waals surface area contributed by atoms with E-state index in [1.807, 2.05) is 43.0 Å². The van der Waals surface area contributed by atoms with Crippen LogP contribution in [0.2, 0.25) is 0 Å². The minimum Gasteiger partial charge on any atom is -0.353 e. The first-order chi connectivity index (χ1) is 11.0. The molecule has 1 heterocycles. The van der Waals surface area contributed by atoms with Crippen molar-refractivity contribution in [1.29, 1.82) is 0 Å². The highest BCUT2D eigenvalue weighted by Crippen LogP contribution is 2.24. The number of benzene rings is 1. The normalized spacial score (nSPS) is 17.3. The van der Waals surface area contributed by atoms with Crippen molar-refractivity contribution in [2.75, 3.05) is 18.8 Å². The van der Waals surface area contributed by atoms with Gasteiger partial charge in [-0.25, -0.2) is 0 Å². The standard InChI is InChI=1S/C17H25N3O2S.ClH/c1-12(2)19-16(21)11-23-15-8-4-3-7-14(15)17(22)20-9-5-6-13(18)10-20;/h3-4,7-8,12-13H,5-6,9-11,18H2,1-2H3,(H,19,21);1H. The van der Waals surface area contributed by atoms with E-state index in [-0.39, 0.29) is 36.3 Å². The fourth-order valence-electron chi connectivity index (χ4n) is 2.64. The Hall–Kier alpha value is -1.24. The summed E-state index contributed by atoms with van der Waals surface area (Å²) in [6.45, 7) is 5.21. The van der Waals surface area contributed by atoms with Crippen molar-refractivity contribution in [2.45, 2.75) is 43.7 Å². The molecule has 0 aliphatic carbocycles. The Labute approximate surface area is 154 Å². The molecule has 0 aromatic heterocycles. The molecule has 1 aromatic rings. The largest absolute Gasteiger partial charge is 0.353 e. The Morgan fingerprint density at radius 3 is 2.75 bits per heavy atom. The first kappa shape index (κ1) is 20.8. The van der Waals surface area contributed by atoms with Crippen LogP contribution in [0.25, 0.3) is 0 Å². The van der Waals surface area contributed by atoms with Crippen molar-refractivity contribution in [3.63, 3.8) is 0 Å². The highest BCUT2D eigenvalue weighted by molar-refractivity contribution is 8.00. The van der Waals surface area contributed by atoms with E-state index in [1.165, 1.54) is 11.8 Å². The van der Waals surface area contributed by atoms with Gasteiger partial charge in [0.1, 0.15) is 0 Å². The molecule has 134 valence electrons. The minimum atomic E-state index is -0.0211. The third-order valence-corrected chi connectivity index (χ3v) is 4.74. The van der Waals surface area contributed by atoms with E-state index in [0.29, 0.717) is 17.9 Å². The molecule has 0 saturated carbocycles. The fraction of sp³-hybridized carbons (Fsp3) is 0.529. The Balaban J connectivity index is 0.00000288. The van der Waals surface area contributed by atoms with Crippen LogP contribution < -0.4 is 11.1 Å². The predicted molar refractivity (Wildman–Crippen MR) is 101 cm³/mol. The number of hydrogen-bond acceptors (Lipinski definition) is 4. The number of thioether (sulfide) groups is 1. The smallest absolute Gasteiger partial charge is 0.255 e. The molecule has 1 aromatic carbocycles. The number of amides is 2. The van der Waals surface area contributed by atoms with Gasteiger partial charge in [-0.15, -0.1) is 24.2 Å². The van der Waals surface area contributed by atoms with Crippen LogP contribution in [-0.2, 0) is 4.79 Å². The van der Waals surface area contributed by atoms with Crippen LogP contribution in [0.5, 0.6) is 0 Å². The number of nitrogens with one attached hydrogen (secondary N) is 1. The van der Waals surface area contributed by atoms with Gasteiger partial charge in [0.2, 0.25) is 5.91 Å². The zero-order valence-electron chi connectivity index (χ0n) is 14.2. The van der Waals surface area contributed by atoms with Gasteiger partial charge >= 0.3 is 0 Å². The molecule has 1 atom stereocenters. The maximum absolute atomic E-state index is 12.7. The van der Waals surface area contributed by atoms with E-state index in [1.54, 1.807) is 0 Å². The summed E-state index contributed by atoms with van der Waals surface area (Å²) in [5.74, 6) is 0.293. The van der Waals surface area contributed by atoms with Crippen LogP contribution in [-0.4, -0.2) is 47.6 Å². The number of piperidine rings is 1. The van der Waals surface area contributed by atoms with Crippen LogP contribution in [0.15, 0.2) is 29.2 Å². The van der Waals surface area contributed by atoms with Crippen molar-refractivity contribution >= 4 is 36.0 Å². The van der Waals surface area contributed by atoms with E-state index in [2.05, 4.69) is 5.32 Å². The molecule has 3 N–H and O–H groups in total. The lowest BCUT2D eigenvalue weighted by atomic mass is 10.1. The van der Waals surface area contributed by atoms with Crippen molar-refractivity contribution in [3.8, 4) is 0 Å². The van der Waals surface area contributed by atoms with Crippen molar-refractivity contribution in [1.82, 2.24) is 10.2 Å². The van der Waals surface area contributed by atoms with E-state index < -0.39 is 0 Å². The fourth-order valence-corrected chi connectivity index (χ4v) is 3.50. The summed E-state index contributed by atoms with van der Waals surface area (Å²) >= 11 is 1.40. The van der Waals surface area contributed by atoms with Crippen molar-refractivity contribution in [3.05, 3.63) is 29.8 Å². The van der Waals surface area contributed by atoms with Crippen LogP contribution in [0.1, 0.15) is 37.0 Å². The maximum atomic E-state index is 12.7. The highest BCUT2D eigenvalue weighted by Gasteiger charge is 2.24. The monoisotopic (exact) mass is 371 g/mol. The third kappa shape index (κ3) is 6.00. The Kier molecular flexibility index (Phi) is 8.59. The van der Waals surface area contributed by atoms with Crippen molar-refractivity contribution in [2.24, 2.45) is 5.73 Å². The topological polar surface area (TPSA) is 75.4 Å². The molecular formula is C17H26ClN3O2S. The summed E-state index contributed by atoms with van der Waals surface area (Å²) in [4.78, 5) is 27.2. The van der Waals surface area contributed by atoms with E-state index >= 15 is 0 Å². The van der Waals surface area contributed by atoms with Crippen LogP contribution >= 0.6 is 24.2 Å². The molecular weight excluding hydrogens is 346 g/mol. The Bertz CT molecular complexity index is 569. The number of halogens is 1. The zero-order chi connectivity index (χ0) is 16.8. The lowest BCUT2D eigenvalue weighted by Gasteiger charge is -2.31. The molecule has 0 bridgehead atoms. The summed E-state index contributed by atoms with van der Waals surface area (Å²) in [6, 6.07) is 7.64. The van der Waals surface area contributed by atoms with E-state index in [0.717, 1.165) is 24.3 Å². The molecule has 1 saturated heterocycles. The molecule has 0 radical (unpaired) electrons.